The van der Waals surface area contributed by atoms with Gasteiger partial charge in [-0.2, -0.15) is 0 Å². The molecule has 0 atom stereocenters. The Hall–Kier alpha value is -2.70. The van der Waals surface area contributed by atoms with Crippen LogP contribution in [0.5, 0.6) is 11.5 Å². The van der Waals surface area contributed by atoms with Gasteiger partial charge < -0.3 is 9.47 Å². The van der Waals surface area contributed by atoms with Crippen molar-refractivity contribution in [3.8, 4) is 44.0 Å². The van der Waals surface area contributed by atoms with Crippen LogP contribution < -0.4 is 9.47 Å². The van der Waals surface area contributed by atoms with Gasteiger partial charge in [0.2, 0.25) is 6.79 Å². The topological polar surface area (TPSA) is 44.2 Å². The van der Waals surface area contributed by atoms with Crippen molar-refractivity contribution < 1.29 is 9.47 Å². The lowest BCUT2D eigenvalue weighted by molar-refractivity contribution is 0.174. The summed E-state index contributed by atoms with van der Waals surface area (Å²) in [6.45, 7) is 4.49. The van der Waals surface area contributed by atoms with Gasteiger partial charge in [0, 0.05) is 21.4 Å². The molecule has 0 fully saturated rings. The molecule has 0 unspecified atom stereocenters. The van der Waals surface area contributed by atoms with Gasteiger partial charge in [0.25, 0.3) is 0 Å². The lowest BCUT2D eigenvalue weighted by Crippen LogP contribution is -1.92. The van der Waals surface area contributed by atoms with Crippen LogP contribution in [0.2, 0.25) is 0 Å². The standard InChI is InChI=1S/C21H16N2O2S2/c1-12-3-5-14(6-4-12)19-13(2)27-21(23-19)20-22-16(10-26-20)15-7-8-17-18(9-15)25-11-24-17/h3-10H,11H2,1-2H3. The largest absolute Gasteiger partial charge is 0.454 e. The Morgan fingerprint density at radius 2 is 1.63 bits per heavy atom. The fraction of sp³-hybridized carbons (Fsp3) is 0.143. The summed E-state index contributed by atoms with van der Waals surface area (Å²) < 4.78 is 10.9. The molecule has 0 aliphatic carbocycles. The summed E-state index contributed by atoms with van der Waals surface area (Å²) in [5, 5.41) is 3.96. The minimum Gasteiger partial charge on any atom is -0.454 e. The van der Waals surface area contributed by atoms with Crippen molar-refractivity contribution in [2.24, 2.45) is 0 Å². The molecule has 0 saturated heterocycles. The van der Waals surface area contributed by atoms with Crippen molar-refractivity contribution in [1.82, 2.24) is 9.97 Å². The summed E-state index contributed by atoms with van der Waals surface area (Å²) in [5.74, 6) is 1.56. The summed E-state index contributed by atoms with van der Waals surface area (Å²) in [7, 11) is 0. The normalized spacial score (nSPS) is 12.5. The van der Waals surface area contributed by atoms with Crippen molar-refractivity contribution in [1.29, 1.82) is 0 Å². The molecular formula is C21H16N2O2S2. The lowest BCUT2D eigenvalue weighted by Gasteiger charge is -1.99. The van der Waals surface area contributed by atoms with E-state index in [1.54, 1.807) is 22.7 Å². The highest BCUT2D eigenvalue weighted by molar-refractivity contribution is 7.21. The van der Waals surface area contributed by atoms with E-state index in [-0.39, 0.29) is 6.79 Å². The number of aryl methyl sites for hydroxylation is 2. The van der Waals surface area contributed by atoms with Crippen LogP contribution in [0.1, 0.15) is 10.4 Å². The van der Waals surface area contributed by atoms with Crippen LogP contribution in [-0.2, 0) is 0 Å². The molecule has 2 aromatic carbocycles. The second-order valence-corrected chi connectivity index (χ2v) is 8.46. The first-order valence-corrected chi connectivity index (χ1v) is 10.3. The van der Waals surface area contributed by atoms with E-state index >= 15 is 0 Å². The Labute approximate surface area is 165 Å². The van der Waals surface area contributed by atoms with E-state index in [2.05, 4.69) is 43.5 Å². The third-order valence-electron chi connectivity index (χ3n) is 4.48. The molecular weight excluding hydrogens is 376 g/mol. The number of nitrogens with zero attached hydrogens (tertiary/aromatic N) is 2. The van der Waals surface area contributed by atoms with E-state index in [1.807, 2.05) is 18.2 Å². The third-order valence-corrected chi connectivity index (χ3v) is 6.43. The van der Waals surface area contributed by atoms with Gasteiger partial charge in [0.1, 0.15) is 0 Å². The Kier molecular flexibility index (Phi) is 3.95. The van der Waals surface area contributed by atoms with Gasteiger partial charge in [0.05, 0.1) is 11.4 Å². The molecule has 27 heavy (non-hydrogen) atoms. The summed E-state index contributed by atoms with van der Waals surface area (Å²) >= 11 is 3.30. The van der Waals surface area contributed by atoms with Gasteiger partial charge >= 0.3 is 0 Å². The highest BCUT2D eigenvalue weighted by atomic mass is 32.1. The van der Waals surface area contributed by atoms with Crippen LogP contribution in [0.3, 0.4) is 0 Å². The first-order valence-electron chi connectivity index (χ1n) is 8.58. The van der Waals surface area contributed by atoms with Crippen molar-refractivity contribution in [2.75, 3.05) is 6.79 Å². The second kappa shape index (κ2) is 6.48. The Morgan fingerprint density at radius 3 is 2.48 bits per heavy atom. The fourth-order valence-electron chi connectivity index (χ4n) is 3.03. The maximum absolute atomic E-state index is 5.47. The van der Waals surface area contributed by atoms with Crippen LogP contribution >= 0.6 is 22.7 Å². The molecule has 4 nitrogen and oxygen atoms in total. The average Bonchev–Trinajstić information content (AvgIpc) is 3.41. The van der Waals surface area contributed by atoms with E-state index in [0.29, 0.717) is 0 Å². The molecule has 0 spiro atoms. The summed E-state index contributed by atoms with van der Waals surface area (Å²) in [4.78, 5) is 10.9. The number of fused-ring (bicyclic) bond motifs is 1. The second-order valence-electron chi connectivity index (χ2n) is 6.40. The molecule has 134 valence electrons. The highest BCUT2D eigenvalue weighted by Gasteiger charge is 2.17. The van der Waals surface area contributed by atoms with Crippen LogP contribution in [0.15, 0.2) is 47.8 Å². The van der Waals surface area contributed by atoms with Gasteiger partial charge in [-0.25, -0.2) is 9.97 Å². The molecule has 0 saturated carbocycles. The van der Waals surface area contributed by atoms with Crippen LogP contribution in [-0.4, -0.2) is 16.8 Å². The number of ether oxygens (including phenoxy) is 2. The Balaban J connectivity index is 1.48. The first-order chi connectivity index (χ1) is 13.2. The van der Waals surface area contributed by atoms with E-state index in [0.717, 1.165) is 44.0 Å². The fourth-order valence-corrected chi connectivity index (χ4v) is 4.83. The SMILES string of the molecule is Cc1ccc(-c2nc(-c3nc(-c4ccc5c(c4)OCO5)cs3)sc2C)cc1. The van der Waals surface area contributed by atoms with E-state index in [1.165, 1.54) is 10.4 Å². The van der Waals surface area contributed by atoms with Crippen molar-refractivity contribution in [3.63, 3.8) is 0 Å². The van der Waals surface area contributed by atoms with Gasteiger partial charge in [-0.1, -0.05) is 29.8 Å². The number of benzene rings is 2. The van der Waals surface area contributed by atoms with E-state index in [4.69, 9.17) is 19.4 Å². The van der Waals surface area contributed by atoms with Gasteiger partial charge in [-0.15, -0.1) is 22.7 Å². The number of aromatic nitrogens is 2. The molecule has 0 bridgehead atoms. The minimum atomic E-state index is 0.279. The average molecular weight is 393 g/mol. The van der Waals surface area contributed by atoms with Gasteiger partial charge in [-0.05, 0) is 32.0 Å². The maximum atomic E-state index is 5.47. The summed E-state index contributed by atoms with van der Waals surface area (Å²) in [6.07, 6.45) is 0. The zero-order valence-electron chi connectivity index (χ0n) is 14.9. The minimum absolute atomic E-state index is 0.279. The van der Waals surface area contributed by atoms with E-state index < -0.39 is 0 Å². The Bertz CT molecular complexity index is 1130. The zero-order valence-corrected chi connectivity index (χ0v) is 16.5. The molecule has 2 aromatic heterocycles. The predicted octanol–water partition coefficient (Wildman–Crippen LogP) is 5.95. The number of thiazole rings is 2. The number of rotatable bonds is 3. The van der Waals surface area contributed by atoms with Crippen molar-refractivity contribution in [2.45, 2.75) is 13.8 Å². The van der Waals surface area contributed by atoms with Crippen LogP contribution in [0.25, 0.3) is 32.5 Å². The smallest absolute Gasteiger partial charge is 0.231 e. The number of hydrogen-bond acceptors (Lipinski definition) is 6. The van der Waals surface area contributed by atoms with E-state index in [9.17, 15) is 0 Å². The molecule has 3 heterocycles. The van der Waals surface area contributed by atoms with Crippen molar-refractivity contribution in [3.05, 3.63) is 58.3 Å². The zero-order chi connectivity index (χ0) is 18.4. The monoisotopic (exact) mass is 392 g/mol. The molecule has 1 aliphatic heterocycles. The highest BCUT2D eigenvalue weighted by Crippen LogP contribution is 2.39. The Morgan fingerprint density at radius 1 is 0.852 bits per heavy atom. The van der Waals surface area contributed by atoms with Gasteiger partial charge in [-0.3, -0.25) is 0 Å². The molecule has 0 N–H and O–H groups in total. The molecule has 0 amide bonds. The maximum Gasteiger partial charge on any atom is 0.231 e. The summed E-state index contributed by atoms with van der Waals surface area (Å²) in [6, 6.07) is 14.4. The van der Waals surface area contributed by atoms with Crippen LogP contribution in [0.4, 0.5) is 0 Å². The molecule has 0 radical (unpaired) electrons. The van der Waals surface area contributed by atoms with Gasteiger partial charge in [0.15, 0.2) is 21.5 Å². The predicted molar refractivity (Wildman–Crippen MR) is 110 cm³/mol. The molecule has 1 aliphatic rings. The first kappa shape index (κ1) is 16.5. The molecule has 6 heteroatoms. The molecule has 4 aromatic rings. The number of hydrogen-bond donors (Lipinski definition) is 0. The quantitative estimate of drug-likeness (QED) is 0.432. The van der Waals surface area contributed by atoms with Crippen molar-refractivity contribution >= 4 is 22.7 Å². The molecule has 5 rings (SSSR count). The lowest BCUT2D eigenvalue weighted by atomic mass is 10.1. The third kappa shape index (κ3) is 3.01. The summed E-state index contributed by atoms with van der Waals surface area (Å²) in [5.41, 5.74) is 5.38. The van der Waals surface area contributed by atoms with Crippen LogP contribution in [0, 0.1) is 13.8 Å².